The molecule has 0 aliphatic carbocycles. The van der Waals surface area contributed by atoms with Gasteiger partial charge in [0.05, 0.1) is 6.61 Å². The first-order valence-corrected chi connectivity index (χ1v) is 7.79. The summed E-state index contributed by atoms with van der Waals surface area (Å²) in [7, 11) is 3.61. The third-order valence-electron chi connectivity index (χ3n) is 3.81. The van der Waals surface area contributed by atoms with Crippen LogP contribution in [0.2, 0.25) is 5.02 Å². The molecular weight excluding hydrogens is 413 g/mol. The van der Waals surface area contributed by atoms with Crippen molar-refractivity contribution >= 4 is 41.5 Å². The SMILES string of the molecule is CN=C(NCCc1ccc(Cl)cc1)N1CCC(COC)C1.I. The molecule has 1 aromatic rings. The van der Waals surface area contributed by atoms with Crippen molar-refractivity contribution in [3.05, 3.63) is 34.9 Å². The van der Waals surface area contributed by atoms with E-state index in [1.165, 1.54) is 12.0 Å². The second-order valence-electron chi connectivity index (χ2n) is 5.41. The second kappa shape index (κ2) is 10.3. The van der Waals surface area contributed by atoms with E-state index in [2.05, 4.69) is 27.3 Å². The first-order chi connectivity index (χ1) is 10.2. The molecule has 22 heavy (non-hydrogen) atoms. The van der Waals surface area contributed by atoms with Gasteiger partial charge >= 0.3 is 0 Å². The van der Waals surface area contributed by atoms with E-state index in [4.69, 9.17) is 16.3 Å². The highest BCUT2D eigenvalue weighted by molar-refractivity contribution is 14.0. The molecule has 0 radical (unpaired) electrons. The molecule has 0 spiro atoms. The number of nitrogens with zero attached hydrogens (tertiary/aromatic N) is 2. The summed E-state index contributed by atoms with van der Waals surface area (Å²) < 4.78 is 5.24. The number of hydrogen-bond donors (Lipinski definition) is 1. The largest absolute Gasteiger partial charge is 0.384 e. The fourth-order valence-electron chi connectivity index (χ4n) is 2.70. The highest BCUT2D eigenvalue weighted by Crippen LogP contribution is 2.16. The Morgan fingerprint density at radius 2 is 2.14 bits per heavy atom. The summed E-state index contributed by atoms with van der Waals surface area (Å²) in [6.07, 6.45) is 2.14. The summed E-state index contributed by atoms with van der Waals surface area (Å²) in [4.78, 5) is 6.69. The first kappa shape index (κ1) is 19.5. The van der Waals surface area contributed by atoms with Crippen molar-refractivity contribution in [1.82, 2.24) is 10.2 Å². The summed E-state index contributed by atoms with van der Waals surface area (Å²) in [5.41, 5.74) is 1.28. The monoisotopic (exact) mass is 437 g/mol. The number of nitrogens with one attached hydrogen (secondary N) is 1. The standard InChI is InChI=1S/C16H24ClN3O.HI/c1-18-16(20-10-8-14(11-20)12-21-2)19-9-7-13-3-5-15(17)6-4-13;/h3-6,14H,7-12H2,1-2H3,(H,18,19);1H. The minimum absolute atomic E-state index is 0. The molecule has 1 fully saturated rings. The number of hydrogen-bond acceptors (Lipinski definition) is 2. The van der Waals surface area contributed by atoms with E-state index in [-0.39, 0.29) is 24.0 Å². The number of methoxy groups -OCH3 is 1. The van der Waals surface area contributed by atoms with Crippen molar-refractivity contribution in [2.75, 3.05) is 40.4 Å². The van der Waals surface area contributed by atoms with E-state index in [9.17, 15) is 0 Å². The van der Waals surface area contributed by atoms with Crippen LogP contribution in [0.3, 0.4) is 0 Å². The maximum Gasteiger partial charge on any atom is 0.193 e. The molecule has 1 saturated heterocycles. The van der Waals surface area contributed by atoms with Gasteiger partial charge in [0.2, 0.25) is 0 Å². The summed E-state index contributed by atoms with van der Waals surface area (Å²) in [5, 5.41) is 4.22. The van der Waals surface area contributed by atoms with Gasteiger partial charge in [-0.05, 0) is 30.5 Å². The normalized spacial score (nSPS) is 18.2. The zero-order valence-electron chi connectivity index (χ0n) is 13.2. The average molecular weight is 438 g/mol. The lowest BCUT2D eigenvalue weighted by molar-refractivity contribution is 0.157. The van der Waals surface area contributed by atoms with Crippen LogP contribution in [-0.2, 0) is 11.2 Å². The van der Waals surface area contributed by atoms with Crippen molar-refractivity contribution in [2.24, 2.45) is 10.9 Å². The van der Waals surface area contributed by atoms with Crippen LogP contribution in [0, 0.1) is 5.92 Å². The molecule has 124 valence electrons. The Morgan fingerprint density at radius 1 is 1.41 bits per heavy atom. The molecule has 1 heterocycles. The molecule has 0 saturated carbocycles. The van der Waals surface area contributed by atoms with Gasteiger partial charge in [-0.15, -0.1) is 24.0 Å². The average Bonchev–Trinajstić information content (AvgIpc) is 2.94. The van der Waals surface area contributed by atoms with Crippen LogP contribution in [0.15, 0.2) is 29.3 Å². The van der Waals surface area contributed by atoms with Crippen LogP contribution >= 0.6 is 35.6 Å². The summed E-state index contributed by atoms with van der Waals surface area (Å²) >= 11 is 5.89. The Bertz CT molecular complexity index is 467. The molecule has 6 heteroatoms. The van der Waals surface area contributed by atoms with Gasteiger partial charge in [0.15, 0.2) is 5.96 Å². The Labute approximate surface area is 155 Å². The second-order valence-corrected chi connectivity index (χ2v) is 5.84. The third kappa shape index (κ3) is 5.93. The summed E-state index contributed by atoms with van der Waals surface area (Å²) in [6, 6.07) is 8.00. The molecule has 1 unspecified atom stereocenters. The number of likely N-dealkylation sites (tertiary alicyclic amines) is 1. The molecule has 1 N–H and O–H groups in total. The number of guanidine groups is 1. The van der Waals surface area contributed by atoms with Crippen molar-refractivity contribution in [3.8, 4) is 0 Å². The Hall–Kier alpha value is -0.530. The Kier molecular flexibility index (Phi) is 9.12. The lowest BCUT2D eigenvalue weighted by atomic mass is 10.1. The molecule has 1 aliphatic rings. The van der Waals surface area contributed by atoms with Crippen LogP contribution in [0.4, 0.5) is 0 Å². The predicted octanol–water partition coefficient (Wildman–Crippen LogP) is 3.04. The topological polar surface area (TPSA) is 36.9 Å². The molecule has 1 atom stereocenters. The van der Waals surface area contributed by atoms with E-state index < -0.39 is 0 Å². The zero-order chi connectivity index (χ0) is 15.1. The van der Waals surface area contributed by atoms with E-state index in [0.29, 0.717) is 5.92 Å². The third-order valence-corrected chi connectivity index (χ3v) is 4.06. The molecule has 2 rings (SSSR count). The maximum atomic E-state index is 5.89. The van der Waals surface area contributed by atoms with Crippen molar-refractivity contribution in [2.45, 2.75) is 12.8 Å². The lowest BCUT2D eigenvalue weighted by Gasteiger charge is -2.21. The molecule has 0 amide bonds. The van der Waals surface area contributed by atoms with Gasteiger partial charge in [-0.3, -0.25) is 4.99 Å². The quantitative estimate of drug-likeness (QED) is 0.437. The number of benzene rings is 1. The smallest absolute Gasteiger partial charge is 0.193 e. The maximum absolute atomic E-state index is 5.89. The zero-order valence-corrected chi connectivity index (χ0v) is 16.3. The molecule has 4 nitrogen and oxygen atoms in total. The van der Waals surface area contributed by atoms with Gasteiger partial charge in [0.1, 0.15) is 0 Å². The Morgan fingerprint density at radius 3 is 2.77 bits per heavy atom. The summed E-state index contributed by atoms with van der Waals surface area (Å²) in [6.45, 7) is 3.78. The minimum atomic E-state index is 0. The fourth-order valence-corrected chi connectivity index (χ4v) is 2.82. The lowest BCUT2D eigenvalue weighted by Crippen LogP contribution is -2.41. The molecule has 1 aromatic carbocycles. The minimum Gasteiger partial charge on any atom is -0.384 e. The number of rotatable bonds is 5. The van der Waals surface area contributed by atoms with Gasteiger partial charge in [-0.25, -0.2) is 0 Å². The van der Waals surface area contributed by atoms with E-state index in [1.54, 1.807) is 7.11 Å². The van der Waals surface area contributed by atoms with Crippen LogP contribution in [0.5, 0.6) is 0 Å². The van der Waals surface area contributed by atoms with Gasteiger partial charge in [-0.2, -0.15) is 0 Å². The van der Waals surface area contributed by atoms with Gasteiger partial charge in [0, 0.05) is 44.7 Å². The molecule has 1 aliphatic heterocycles. The van der Waals surface area contributed by atoms with E-state index in [1.807, 2.05) is 19.2 Å². The van der Waals surface area contributed by atoms with Crippen LogP contribution in [-0.4, -0.2) is 51.3 Å². The highest BCUT2D eigenvalue weighted by Gasteiger charge is 2.24. The molecule has 0 bridgehead atoms. The predicted molar refractivity (Wildman–Crippen MR) is 103 cm³/mol. The van der Waals surface area contributed by atoms with Crippen LogP contribution in [0.25, 0.3) is 0 Å². The van der Waals surface area contributed by atoms with E-state index in [0.717, 1.165) is 43.6 Å². The fraction of sp³-hybridized carbons (Fsp3) is 0.562. The van der Waals surface area contributed by atoms with Crippen molar-refractivity contribution in [3.63, 3.8) is 0 Å². The van der Waals surface area contributed by atoms with Crippen LogP contribution in [0.1, 0.15) is 12.0 Å². The molecular formula is C16H25ClIN3O. The van der Waals surface area contributed by atoms with E-state index >= 15 is 0 Å². The van der Waals surface area contributed by atoms with Gasteiger partial charge in [0.25, 0.3) is 0 Å². The van der Waals surface area contributed by atoms with Gasteiger partial charge in [-0.1, -0.05) is 23.7 Å². The van der Waals surface area contributed by atoms with Crippen molar-refractivity contribution in [1.29, 1.82) is 0 Å². The summed E-state index contributed by atoms with van der Waals surface area (Å²) in [5.74, 6) is 1.60. The first-order valence-electron chi connectivity index (χ1n) is 7.42. The Balaban J connectivity index is 0.00000242. The molecule has 0 aromatic heterocycles. The van der Waals surface area contributed by atoms with Crippen molar-refractivity contribution < 1.29 is 4.74 Å². The van der Waals surface area contributed by atoms with Gasteiger partial charge < -0.3 is 15.0 Å². The highest BCUT2D eigenvalue weighted by atomic mass is 127. The number of aliphatic imine (C=N–C) groups is 1. The van der Waals surface area contributed by atoms with Crippen LogP contribution < -0.4 is 5.32 Å². The number of halogens is 2. The number of ether oxygens (including phenoxy) is 1.